The lowest BCUT2D eigenvalue weighted by molar-refractivity contribution is 0.0649. The topological polar surface area (TPSA) is 61.1 Å². The van der Waals surface area contributed by atoms with Gasteiger partial charge in [0, 0.05) is 12.0 Å². The second-order valence-electron chi connectivity index (χ2n) is 6.30. The monoisotopic (exact) mass is 405 g/mol. The van der Waals surface area contributed by atoms with Gasteiger partial charge in [-0.15, -0.1) is 0 Å². The van der Waals surface area contributed by atoms with Crippen molar-refractivity contribution in [3.05, 3.63) is 46.5 Å². The van der Waals surface area contributed by atoms with Crippen LogP contribution >= 0.6 is 15.9 Å². The summed E-state index contributed by atoms with van der Waals surface area (Å²) in [5.74, 6) is -0.430. The van der Waals surface area contributed by atoms with Crippen molar-refractivity contribution in [3.8, 4) is 6.07 Å². The molecule has 0 spiro atoms. The summed E-state index contributed by atoms with van der Waals surface area (Å²) in [5.41, 5.74) is 0.649. The van der Waals surface area contributed by atoms with Crippen LogP contribution in [0.25, 0.3) is 0 Å². The summed E-state index contributed by atoms with van der Waals surface area (Å²) in [6.45, 7) is 2.13. The maximum absolute atomic E-state index is 12.8. The van der Waals surface area contributed by atoms with Crippen molar-refractivity contribution in [2.45, 2.75) is 64.4 Å². The highest BCUT2D eigenvalue weighted by Gasteiger charge is 2.26. The zero-order chi connectivity index (χ0) is 18.5. The Hall–Kier alpha value is -1.44. The van der Waals surface area contributed by atoms with E-state index in [4.69, 9.17) is 5.26 Å². The summed E-state index contributed by atoms with van der Waals surface area (Å²) in [4.78, 5) is 12.8. The minimum absolute atomic E-state index is 0.00169. The Labute approximate surface area is 159 Å². The molecule has 1 aromatic rings. The van der Waals surface area contributed by atoms with Gasteiger partial charge in [0.2, 0.25) is 0 Å². The third kappa shape index (κ3) is 8.47. The molecule has 0 aromatic heterocycles. The normalized spacial score (nSPS) is 13.9. The minimum Gasteiger partial charge on any atom is -0.392 e. The molecule has 0 saturated heterocycles. The summed E-state index contributed by atoms with van der Waals surface area (Å²) < 4.78 is 0.995. The molecule has 0 aliphatic heterocycles. The highest BCUT2D eigenvalue weighted by molar-refractivity contribution is 9.11. The molecule has 4 heteroatoms. The van der Waals surface area contributed by atoms with Crippen LogP contribution in [0.3, 0.4) is 0 Å². The Morgan fingerprint density at radius 1 is 1.28 bits per heavy atom. The van der Waals surface area contributed by atoms with Gasteiger partial charge in [0.15, 0.2) is 5.78 Å². The summed E-state index contributed by atoms with van der Waals surface area (Å²) in [5, 5.41) is 19.2. The van der Waals surface area contributed by atoms with E-state index in [1.54, 1.807) is 12.1 Å². The second kappa shape index (κ2) is 12.9. The molecule has 136 valence electrons. The van der Waals surface area contributed by atoms with Gasteiger partial charge in [-0.2, -0.15) is 5.26 Å². The number of hydrogen-bond acceptors (Lipinski definition) is 3. The molecule has 0 fully saturated rings. The fourth-order valence-corrected chi connectivity index (χ4v) is 3.22. The molecule has 0 heterocycles. The number of aliphatic hydroxyl groups excluding tert-OH is 1. The van der Waals surface area contributed by atoms with Crippen LogP contribution in [0.1, 0.15) is 68.6 Å². The van der Waals surface area contributed by atoms with E-state index in [-0.39, 0.29) is 5.78 Å². The van der Waals surface area contributed by atoms with Crippen molar-refractivity contribution >= 4 is 21.7 Å². The molecule has 2 unspecified atom stereocenters. The molecule has 0 aliphatic carbocycles. The van der Waals surface area contributed by atoms with Crippen molar-refractivity contribution in [2.24, 2.45) is 5.92 Å². The first kappa shape index (κ1) is 21.6. The zero-order valence-electron chi connectivity index (χ0n) is 15.0. The van der Waals surface area contributed by atoms with Gasteiger partial charge in [0.1, 0.15) is 0 Å². The molecule has 0 amide bonds. The van der Waals surface area contributed by atoms with Gasteiger partial charge < -0.3 is 5.11 Å². The van der Waals surface area contributed by atoms with E-state index in [0.29, 0.717) is 24.8 Å². The number of carbonyl (C=O) groups excluding carboxylic acids is 1. The zero-order valence-corrected chi connectivity index (χ0v) is 16.5. The third-order valence-electron chi connectivity index (χ3n) is 4.26. The van der Waals surface area contributed by atoms with Gasteiger partial charge in [-0.3, -0.25) is 4.79 Å². The number of ketones is 1. The van der Waals surface area contributed by atoms with Gasteiger partial charge in [0.05, 0.1) is 18.1 Å². The van der Waals surface area contributed by atoms with Crippen molar-refractivity contribution < 1.29 is 9.90 Å². The fraction of sp³-hybridized carbons (Fsp3) is 0.524. The van der Waals surface area contributed by atoms with Crippen LogP contribution in [0.2, 0.25) is 0 Å². The quantitative estimate of drug-likeness (QED) is 0.353. The average Bonchev–Trinajstić information content (AvgIpc) is 2.63. The number of unbranched alkanes of at least 4 members (excludes halogenated alkanes) is 3. The van der Waals surface area contributed by atoms with Crippen LogP contribution in [0.4, 0.5) is 0 Å². The number of halogens is 1. The predicted molar refractivity (Wildman–Crippen MR) is 106 cm³/mol. The molecule has 3 nitrogen and oxygen atoms in total. The van der Waals surface area contributed by atoms with E-state index in [1.165, 1.54) is 0 Å². The number of allylic oxidation sites excluding steroid dienone is 2. The van der Waals surface area contributed by atoms with Gasteiger partial charge >= 0.3 is 0 Å². The molecule has 1 N–H and O–H groups in total. The molecule has 0 radical (unpaired) electrons. The van der Waals surface area contributed by atoms with Gasteiger partial charge in [0.25, 0.3) is 0 Å². The largest absolute Gasteiger partial charge is 0.392 e. The first-order chi connectivity index (χ1) is 12.1. The molecular formula is C21H28BrNO2. The summed E-state index contributed by atoms with van der Waals surface area (Å²) in [6, 6.07) is 11.3. The van der Waals surface area contributed by atoms with E-state index in [0.717, 1.165) is 36.6 Å². The van der Waals surface area contributed by atoms with Crippen LogP contribution < -0.4 is 0 Å². The molecule has 25 heavy (non-hydrogen) atoms. The summed E-state index contributed by atoms with van der Waals surface area (Å²) >= 11 is 3.51. The highest BCUT2D eigenvalue weighted by atomic mass is 79.9. The molecule has 2 atom stereocenters. The number of Topliss-reactive ketones (excluding diaryl/α,β-unsaturated/α-hetero) is 1. The maximum atomic E-state index is 12.8. The number of nitrogens with zero attached hydrogens (tertiary/aromatic N) is 1. The minimum atomic E-state index is -0.630. The van der Waals surface area contributed by atoms with Crippen LogP contribution in [0.5, 0.6) is 0 Å². The lowest BCUT2D eigenvalue weighted by Gasteiger charge is -2.21. The van der Waals surface area contributed by atoms with Crippen molar-refractivity contribution in [1.29, 1.82) is 5.26 Å². The van der Waals surface area contributed by atoms with Crippen molar-refractivity contribution in [1.82, 2.24) is 0 Å². The van der Waals surface area contributed by atoms with Crippen LogP contribution in [0, 0.1) is 17.2 Å². The summed E-state index contributed by atoms with van der Waals surface area (Å²) in [7, 11) is 0. The van der Waals surface area contributed by atoms with Gasteiger partial charge in [-0.25, -0.2) is 0 Å². The lowest BCUT2D eigenvalue weighted by atomic mass is 9.87. The number of nitriles is 1. The van der Waals surface area contributed by atoms with Gasteiger partial charge in [-0.05, 0) is 30.2 Å². The van der Waals surface area contributed by atoms with E-state index >= 15 is 0 Å². The van der Waals surface area contributed by atoms with Gasteiger partial charge in [-0.1, -0.05) is 78.5 Å². The van der Waals surface area contributed by atoms with E-state index in [9.17, 15) is 9.90 Å². The SMILES string of the molecule is CCCCCC(O)C(C/C=C(\Br)CCCC#N)C(=O)c1ccccc1. The molecule has 1 aromatic carbocycles. The van der Waals surface area contributed by atoms with Crippen LogP contribution in [0.15, 0.2) is 40.9 Å². The second-order valence-corrected chi connectivity index (χ2v) is 7.32. The smallest absolute Gasteiger partial charge is 0.168 e. The highest BCUT2D eigenvalue weighted by Crippen LogP contribution is 2.24. The van der Waals surface area contributed by atoms with Crippen LogP contribution in [-0.2, 0) is 0 Å². The number of rotatable bonds is 12. The Bertz CT molecular complexity index is 577. The Morgan fingerprint density at radius 2 is 2.00 bits per heavy atom. The lowest BCUT2D eigenvalue weighted by Crippen LogP contribution is -2.28. The Balaban J connectivity index is 2.78. The molecule has 0 bridgehead atoms. The number of hydrogen-bond donors (Lipinski definition) is 1. The molecular weight excluding hydrogens is 378 g/mol. The maximum Gasteiger partial charge on any atom is 0.168 e. The van der Waals surface area contributed by atoms with E-state index in [1.807, 2.05) is 24.3 Å². The summed E-state index contributed by atoms with van der Waals surface area (Å²) in [6.07, 6.45) is 7.70. The van der Waals surface area contributed by atoms with Crippen molar-refractivity contribution in [3.63, 3.8) is 0 Å². The van der Waals surface area contributed by atoms with Crippen LogP contribution in [-0.4, -0.2) is 17.0 Å². The van der Waals surface area contributed by atoms with Crippen molar-refractivity contribution in [2.75, 3.05) is 0 Å². The fourth-order valence-electron chi connectivity index (χ4n) is 2.75. The Morgan fingerprint density at radius 3 is 2.64 bits per heavy atom. The number of carbonyl (C=O) groups is 1. The predicted octanol–water partition coefficient (Wildman–Crippen LogP) is 5.79. The Kier molecular flexibility index (Phi) is 11.1. The van der Waals surface area contributed by atoms with E-state index < -0.39 is 12.0 Å². The third-order valence-corrected chi connectivity index (χ3v) is 4.98. The van der Waals surface area contributed by atoms with E-state index in [2.05, 4.69) is 28.9 Å². The number of benzene rings is 1. The standard InChI is InChI=1S/C21H28BrNO2/c1-2-3-5-13-20(24)19(15-14-18(22)12-8-9-16-23)21(25)17-10-6-4-7-11-17/h4,6-7,10-11,14,19-20,24H,2-3,5,8-9,12-13,15H2,1H3/b18-14-. The molecule has 0 aliphatic rings. The average molecular weight is 406 g/mol. The molecule has 1 rings (SSSR count). The first-order valence-corrected chi connectivity index (χ1v) is 9.88. The first-order valence-electron chi connectivity index (χ1n) is 9.09. The molecule has 0 saturated carbocycles. The number of aliphatic hydroxyl groups is 1.